The number of fused-ring (bicyclic) bond motifs is 2. The van der Waals surface area contributed by atoms with Crippen LogP contribution in [0.15, 0.2) is 65.6 Å². The Morgan fingerprint density at radius 1 is 0.742 bits per heavy atom. The topological polar surface area (TPSA) is 43.4 Å². The van der Waals surface area contributed by atoms with Gasteiger partial charge in [0.2, 0.25) is 0 Å². The van der Waals surface area contributed by atoms with Gasteiger partial charge in [-0.1, -0.05) is 85.5 Å². The molecule has 5 aromatic carbocycles. The van der Waals surface area contributed by atoms with E-state index in [4.69, 9.17) is 15.8 Å². The van der Waals surface area contributed by atoms with Gasteiger partial charge in [-0.05, 0) is 56.6 Å². The first-order valence-electron chi connectivity index (χ1n) is 10.8. The zero-order valence-corrected chi connectivity index (χ0v) is 18.5. The molecule has 1 saturated carbocycles. The molecule has 0 atom stereocenters. The Labute approximate surface area is 186 Å². The first kappa shape index (κ1) is 19.3. The van der Waals surface area contributed by atoms with E-state index in [9.17, 15) is 8.42 Å². The normalized spacial score (nSPS) is 16.2. The van der Waals surface area contributed by atoms with E-state index in [2.05, 4.69) is 24.3 Å². The van der Waals surface area contributed by atoms with Crippen LogP contribution in [0.1, 0.15) is 32.1 Å². The molecule has 5 heteroatoms. The van der Waals surface area contributed by atoms with E-state index in [1.54, 1.807) is 6.07 Å². The molecular weight excluding hydrogens is 428 g/mol. The zero-order valence-electron chi connectivity index (χ0n) is 16.9. The van der Waals surface area contributed by atoms with Crippen LogP contribution in [0.2, 0.25) is 5.02 Å². The van der Waals surface area contributed by atoms with E-state index >= 15 is 0 Å². The van der Waals surface area contributed by atoms with Crippen LogP contribution in [0.4, 0.5) is 0 Å². The molecule has 3 nitrogen and oxygen atoms in total. The number of rotatable bonds is 3. The Balaban J connectivity index is 1.76. The first-order chi connectivity index (χ1) is 15.0. The van der Waals surface area contributed by atoms with Crippen molar-refractivity contribution in [2.24, 2.45) is 0 Å². The predicted molar refractivity (Wildman–Crippen MR) is 128 cm³/mol. The van der Waals surface area contributed by atoms with Crippen molar-refractivity contribution < 1.29 is 12.6 Å². The lowest BCUT2D eigenvalue weighted by molar-refractivity contribution is 0.162. The minimum Gasteiger partial charge on any atom is -0.263 e. The second-order valence-electron chi connectivity index (χ2n) is 8.49. The van der Waals surface area contributed by atoms with Crippen LogP contribution in [-0.4, -0.2) is 14.5 Å². The molecule has 0 spiro atoms. The van der Waals surface area contributed by atoms with Gasteiger partial charge in [0, 0.05) is 5.39 Å². The number of benzene rings is 5. The van der Waals surface area contributed by atoms with Crippen LogP contribution in [0.5, 0.6) is 0 Å². The van der Waals surface area contributed by atoms with Crippen molar-refractivity contribution in [3.8, 4) is 0 Å². The summed E-state index contributed by atoms with van der Waals surface area (Å²) in [4.78, 5) is 0.0988. The molecule has 0 saturated heterocycles. The lowest BCUT2D eigenvalue weighted by atomic mass is 9.90. The molecule has 0 heterocycles. The molecule has 0 radical (unpaired) electrons. The lowest BCUT2D eigenvalue weighted by Gasteiger charge is -2.23. The van der Waals surface area contributed by atoms with Gasteiger partial charge in [0.05, 0.1) is 11.1 Å². The summed E-state index contributed by atoms with van der Waals surface area (Å²) in [6.07, 6.45) is 4.38. The van der Waals surface area contributed by atoms with E-state index in [1.165, 1.54) is 0 Å². The molecule has 0 N–H and O–H groups in total. The Bertz CT molecular complexity index is 1560. The monoisotopic (exact) mass is 448 g/mol. The minimum atomic E-state index is -4.04. The van der Waals surface area contributed by atoms with E-state index in [-0.39, 0.29) is 16.0 Å². The van der Waals surface area contributed by atoms with Gasteiger partial charge >= 0.3 is 0 Å². The van der Waals surface area contributed by atoms with Crippen molar-refractivity contribution in [2.45, 2.75) is 43.1 Å². The third kappa shape index (κ3) is 2.93. The molecule has 0 amide bonds. The van der Waals surface area contributed by atoms with Gasteiger partial charge in [-0.3, -0.25) is 4.18 Å². The highest BCUT2D eigenvalue weighted by molar-refractivity contribution is 7.87. The molecule has 6 rings (SSSR count). The van der Waals surface area contributed by atoms with Crippen molar-refractivity contribution in [1.82, 2.24) is 0 Å². The van der Waals surface area contributed by atoms with E-state index in [0.717, 1.165) is 69.8 Å². The van der Waals surface area contributed by atoms with Gasteiger partial charge in [-0.2, -0.15) is 8.42 Å². The fourth-order valence-electron chi connectivity index (χ4n) is 5.29. The summed E-state index contributed by atoms with van der Waals surface area (Å²) in [7, 11) is -4.04. The highest BCUT2D eigenvalue weighted by Crippen LogP contribution is 2.45. The van der Waals surface area contributed by atoms with Gasteiger partial charge in [0.1, 0.15) is 4.90 Å². The third-order valence-corrected chi connectivity index (χ3v) is 8.46. The van der Waals surface area contributed by atoms with Gasteiger partial charge in [-0.25, -0.2) is 0 Å². The highest BCUT2D eigenvalue weighted by atomic mass is 35.5. The van der Waals surface area contributed by atoms with Crippen molar-refractivity contribution in [3.05, 3.63) is 65.7 Å². The Hall–Kier alpha value is -2.40. The minimum absolute atomic E-state index is 0.0988. The summed E-state index contributed by atoms with van der Waals surface area (Å²) in [6, 6.07) is 20.0. The van der Waals surface area contributed by atoms with Gasteiger partial charge < -0.3 is 0 Å². The van der Waals surface area contributed by atoms with Gasteiger partial charge in [0.25, 0.3) is 10.1 Å². The van der Waals surface area contributed by atoms with Crippen molar-refractivity contribution >= 4 is 64.8 Å². The summed E-state index contributed by atoms with van der Waals surface area (Å²) in [5, 5.41) is 7.91. The van der Waals surface area contributed by atoms with Crippen LogP contribution in [0.25, 0.3) is 43.1 Å². The van der Waals surface area contributed by atoms with E-state index in [1.807, 2.05) is 30.3 Å². The largest absolute Gasteiger partial charge is 0.299 e. The molecule has 0 aliphatic heterocycles. The molecule has 0 unspecified atom stereocenters. The Morgan fingerprint density at radius 2 is 1.35 bits per heavy atom. The molecule has 0 bridgehead atoms. The maximum absolute atomic E-state index is 13.6. The van der Waals surface area contributed by atoms with Crippen LogP contribution in [0.3, 0.4) is 0 Å². The van der Waals surface area contributed by atoms with Gasteiger partial charge in [0.15, 0.2) is 0 Å². The SMILES string of the molecule is O=S(=O)(OC1CCCCC1)c1c(Cl)cc2cccc3c4cccc5cccc(c1c23)c54. The van der Waals surface area contributed by atoms with E-state index < -0.39 is 10.1 Å². The summed E-state index contributed by atoms with van der Waals surface area (Å²) >= 11 is 6.67. The summed E-state index contributed by atoms with van der Waals surface area (Å²) in [5.74, 6) is 0. The number of hydrogen-bond acceptors (Lipinski definition) is 3. The Kier molecular flexibility index (Phi) is 4.39. The fraction of sp³-hybridized carbons (Fsp3) is 0.231. The second kappa shape index (κ2) is 7.06. The molecule has 1 aliphatic rings. The number of halogens is 1. The summed E-state index contributed by atoms with van der Waals surface area (Å²) in [5.41, 5.74) is 0. The second-order valence-corrected chi connectivity index (χ2v) is 10.4. The van der Waals surface area contributed by atoms with Crippen LogP contribution in [-0.2, 0) is 14.3 Å². The molecule has 1 aliphatic carbocycles. The summed E-state index contributed by atoms with van der Waals surface area (Å²) < 4.78 is 33.0. The molecule has 5 aromatic rings. The molecule has 156 valence electrons. The molecule has 0 aromatic heterocycles. The predicted octanol–water partition coefficient (Wildman–Crippen LogP) is 7.43. The van der Waals surface area contributed by atoms with Crippen molar-refractivity contribution in [3.63, 3.8) is 0 Å². The van der Waals surface area contributed by atoms with Gasteiger partial charge in [-0.15, -0.1) is 0 Å². The van der Waals surface area contributed by atoms with Crippen LogP contribution in [0, 0.1) is 0 Å². The van der Waals surface area contributed by atoms with Crippen LogP contribution >= 0.6 is 11.6 Å². The average molecular weight is 449 g/mol. The summed E-state index contributed by atoms with van der Waals surface area (Å²) in [6.45, 7) is 0. The standard InChI is InChI=1S/C26H21ClO3S/c27-22-15-17-9-6-13-20-19-12-4-7-16-8-5-14-21(23(16)19)25(24(17)20)26(22)31(28,29)30-18-10-2-1-3-11-18/h4-9,12-15,18H,1-3,10-11H2. The van der Waals surface area contributed by atoms with Crippen molar-refractivity contribution in [1.29, 1.82) is 0 Å². The lowest BCUT2D eigenvalue weighted by Crippen LogP contribution is -2.21. The first-order valence-corrected chi connectivity index (χ1v) is 12.5. The zero-order chi connectivity index (χ0) is 21.2. The van der Waals surface area contributed by atoms with Crippen molar-refractivity contribution in [2.75, 3.05) is 0 Å². The molecular formula is C26H21ClO3S. The quantitative estimate of drug-likeness (QED) is 0.164. The smallest absolute Gasteiger partial charge is 0.263 e. The maximum Gasteiger partial charge on any atom is 0.299 e. The van der Waals surface area contributed by atoms with E-state index in [0.29, 0.717) is 5.39 Å². The number of hydrogen-bond donors (Lipinski definition) is 0. The molecule has 1 fully saturated rings. The maximum atomic E-state index is 13.6. The fourth-order valence-corrected chi connectivity index (χ4v) is 7.19. The average Bonchev–Trinajstić information content (AvgIpc) is 2.77. The highest BCUT2D eigenvalue weighted by Gasteiger charge is 2.30. The third-order valence-electron chi connectivity index (χ3n) is 6.60. The Morgan fingerprint density at radius 3 is 2.06 bits per heavy atom. The molecule has 31 heavy (non-hydrogen) atoms. The van der Waals surface area contributed by atoms with Crippen LogP contribution < -0.4 is 0 Å².